The van der Waals surface area contributed by atoms with Crippen LogP contribution in [0, 0.1) is 12.3 Å². The SMILES string of the molecule is C#CCCCS(=O)(=O)c1cc(C(=O)O)ccc1Br. The zero-order chi connectivity index (χ0) is 13.8. The van der Waals surface area contributed by atoms with Crippen LogP contribution in [0.5, 0.6) is 0 Å². The average Bonchev–Trinajstić information content (AvgIpc) is 2.29. The van der Waals surface area contributed by atoms with Gasteiger partial charge in [-0.1, -0.05) is 0 Å². The van der Waals surface area contributed by atoms with E-state index in [9.17, 15) is 13.2 Å². The lowest BCUT2D eigenvalue weighted by Crippen LogP contribution is -2.09. The number of terminal acetylenes is 1. The van der Waals surface area contributed by atoms with Crippen LogP contribution in [0.1, 0.15) is 23.2 Å². The topological polar surface area (TPSA) is 71.4 Å². The predicted octanol–water partition coefficient (Wildman–Crippen LogP) is 2.33. The smallest absolute Gasteiger partial charge is 0.335 e. The first-order valence-electron chi connectivity index (χ1n) is 5.07. The summed E-state index contributed by atoms with van der Waals surface area (Å²) in [7, 11) is -3.52. The molecule has 0 bridgehead atoms. The van der Waals surface area contributed by atoms with Gasteiger partial charge in [-0.05, 0) is 40.5 Å². The molecule has 0 amide bonds. The maximum Gasteiger partial charge on any atom is 0.335 e. The summed E-state index contributed by atoms with van der Waals surface area (Å²) in [5.74, 6) is 1.10. The van der Waals surface area contributed by atoms with Crippen LogP contribution >= 0.6 is 15.9 Å². The number of carboxylic acids is 1. The molecule has 0 aliphatic rings. The predicted molar refractivity (Wildman–Crippen MR) is 71.2 cm³/mol. The quantitative estimate of drug-likeness (QED) is 0.664. The number of benzene rings is 1. The van der Waals surface area contributed by atoms with E-state index >= 15 is 0 Å². The zero-order valence-corrected chi connectivity index (χ0v) is 11.8. The Morgan fingerprint density at radius 2 is 2.11 bits per heavy atom. The molecule has 0 spiro atoms. The highest BCUT2D eigenvalue weighted by Gasteiger charge is 2.19. The van der Waals surface area contributed by atoms with Crippen molar-refractivity contribution in [1.82, 2.24) is 0 Å². The molecule has 0 fully saturated rings. The van der Waals surface area contributed by atoms with Crippen LogP contribution in [0.3, 0.4) is 0 Å². The molecule has 6 heteroatoms. The largest absolute Gasteiger partial charge is 0.478 e. The summed E-state index contributed by atoms with van der Waals surface area (Å²) in [5, 5.41) is 8.84. The van der Waals surface area contributed by atoms with E-state index in [1.807, 2.05) is 0 Å². The van der Waals surface area contributed by atoms with Gasteiger partial charge in [0.05, 0.1) is 16.2 Å². The monoisotopic (exact) mass is 330 g/mol. The maximum absolute atomic E-state index is 12.0. The second kappa shape index (κ2) is 6.03. The number of halogens is 1. The van der Waals surface area contributed by atoms with E-state index in [1.165, 1.54) is 12.1 Å². The Morgan fingerprint density at radius 1 is 1.44 bits per heavy atom. The summed E-state index contributed by atoms with van der Waals surface area (Å²) in [6.07, 6.45) is 5.78. The lowest BCUT2D eigenvalue weighted by molar-refractivity contribution is 0.0696. The van der Waals surface area contributed by atoms with Gasteiger partial charge in [0.15, 0.2) is 9.84 Å². The molecule has 4 nitrogen and oxygen atoms in total. The molecular weight excluding hydrogens is 320 g/mol. The number of sulfone groups is 1. The Bertz CT molecular complexity index is 599. The van der Waals surface area contributed by atoms with E-state index in [1.54, 1.807) is 0 Å². The van der Waals surface area contributed by atoms with Gasteiger partial charge >= 0.3 is 5.97 Å². The normalized spacial score (nSPS) is 10.9. The summed E-state index contributed by atoms with van der Waals surface area (Å²) in [4.78, 5) is 10.8. The van der Waals surface area contributed by atoms with Crippen LogP contribution in [0.15, 0.2) is 27.6 Å². The Morgan fingerprint density at radius 3 is 2.67 bits per heavy atom. The third-order valence-corrected chi connectivity index (χ3v) is 5.04. The Balaban J connectivity index is 3.12. The number of hydrogen-bond acceptors (Lipinski definition) is 3. The van der Waals surface area contributed by atoms with Crippen molar-refractivity contribution in [3.63, 3.8) is 0 Å². The second-order valence-corrected chi connectivity index (χ2v) is 6.51. The van der Waals surface area contributed by atoms with E-state index < -0.39 is 15.8 Å². The summed E-state index contributed by atoms with van der Waals surface area (Å²) >= 11 is 3.11. The van der Waals surface area contributed by atoms with Crippen molar-refractivity contribution in [3.05, 3.63) is 28.2 Å². The minimum atomic E-state index is -3.52. The van der Waals surface area contributed by atoms with Crippen LogP contribution in [-0.2, 0) is 9.84 Å². The highest BCUT2D eigenvalue weighted by Crippen LogP contribution is 2.25. The van der Waals surface area contributed by atoms with Gasteiger partial charge < -0.3 is 5.11 Å². The second-order valence-electron chi connectivity index (χ2n) is 3.58. The molecule has 0 aliphatic carbocycles. The molecule has 1 aromatic rings. The number of rotatable bonds is 5. The Hall–Kier alpha value is -1.32. The molecule has 0 aromatic heterocycles. The Labute approximate surface area is 114 Å². The summed E-state index contributed by atoms with van der Waals surface area (Å²) in [5.41, 5.74) is -0.0614. The van der Waals surface area contributed by atoms with Crippen molar-refractivity contribution < 1.29 is 18.3 Å². The number of hydrogen-bond donors (Lipinski definition) is 1. The van der Waals surface area contributed by atoms with E-state index in [0.717, 1.165) is 6.07 Å². The van der Waals surface area contributed by atoms with E-state index in [0.29, 0.717) is 17.3 Å². The zero-order valence-electron chi connectivity index (χ0n) is 9.39. The van der Waals surface area contributed by atoms with E-state index in [-0.39, 0.29) is 16.2 Å². The van der Waals surface area contributed by atoms with Crippen LogP contribution in [0.25, 0.3) is 0 Å². The molecule has 0 radical (unpaired) electrons. The van der Waals surface area contributed by atoms with Crippen molar-refractivity contribution in [2.75, 3.05) is 5.75 Å². The van der Waals surface area contributed by atoms with E-state index in [4.69, 9.17) is 11.5 Å². The fourth-order valence-corrected chi connectivity index (χ4v) is 3.75. The van der Waals surface area contributed by atoms with E-state index in [2.05, 4.69) is 21.9 Å². The fraction of sp³-hybridized carbons (Fsp3) is 0.250. The first-order chi connectivity index (χ1) is 8.38. The molecule has 18 heavy (non-hydrogen) atoms. The van der Waals surface area contributed by atoms with Gasteiger partial charge in [0.2, 0.25) is 0 Å². The molecule has 0 aliphatic heterocycles. The van der Waals surface area contributed by atoms with Crippen LogP contribution < -0.4 is 0 Å². The van der Waals surface area contributed by atoms with Crippen molar-refractivity contribution in [2.45, 2.75) is 17.7 Å². The molecule has 1 N–H and O–H groups in total. The van der Waals surface area contributed by atoms with Crippen molar-refractivity contribution >= 4 is 31.7 Å². The van der Waals surface area contributed by atoms with Gasteiger partial charge in [0, 0.05) is 10.9 Å². The van der Waals surface area contributed by atoms with Gasteiger partial charge in [-0.25, -0.2) is 13.2 Å². The summed E-state index contributed by atoms with van der Waals surface area (Å²) in [6, 6.07) is 3.90. The molecule has 0 unspecified atom stereocenters. The first-order valence-corrected chi connectivity index (χ1v) is 7.52. The molecule has 96 valence electrons. The molecule has 0 heterocycles. The number of unbranched alkanes of at least 4 members (excludes halogenated alkanes) is 1. The molecule has 0 atom stereocenters. The average molecular weight is 331 g/mol. The first kappa shape index (κ1) is 14.7. The third kappa shape index (κ3) is 3.59. The number of carbonyl (C=O) groups is 1. The highest BCUT2D eigenvalue weighted by molar-refractivity contribution is 9.10. The van der Waals surface area contributed by atoms with Gasteiger partial charge in [-0.15, -0.1) is 12.3 Å². The molecule has 1 rings (SSSR count). The molecule has 1 aromatic carbocycles. The fourth-order valence-electron chi connectivity index (χ4n) is 1.35. The standard InChI is InChI=1S/C12H11BrO4S/c1-2-3-4-7-18(16,17)11-8-9(12(14)15)5-6-10(11)13/h1,5-6,8H,3-4,7H2,(H,14,15). The van der Waals surface area contributed by atoms with Crippen LogP contribution in [0.2, 0.25) is 0 Å². The third-order valence-electron chi connectivity index (χ3n) is 2.25. The molecule has 0 saturated heterocycles. The number of aromatic carboxylic acids is 1. The minimum Gasteiger partial charge on any atom is -0.478 e. The van der Waals surface area contributed by atoms with Crippen molar-refractivity contribution in [2.24, 2.45) is 0 Å². The lowest BCUT2D eigenvalue weighted by Gasteiger charge is -2.07. The van der Waals surface area contributed by atoms with Gasteiger partial charge in [0.25, 0.3) is 0 Å². The Kier molecular flexibility index (Phi) is 4.93. The molecular formula is C12H11BrO4S. The van der Waals surface area contributed by atoms with Gasteiger partial charge in [-0.3, -0.25) is 0 Å². The van der Waals surface area contributed by atoms with Crippen molar-refractivity contribution in [1.29, 1.82) is 0 Å². The van der Waals surface area contributed by atoms with Crippen molar-refractivity contribution in [3.8, 4) is 12.3 Å². The summed E-state index contributed by atoms with van der Waals surface area (Å²) in [6.45, 7) is 0. The van der Waals surface area contributed by atoms with Crippen LogP contribution in [-0.4, -0.2) is 25.2 Å². The highest BCUT2D eigenvalue weighted by atomic mass is 79.9. The number of carboxylic acid groups (broad SMARTS) is 1. The molecule has 0 saturated carbocycles. The summed E-state index contributed by atoms with van der Waals surface area (Å²) < 4.78 is 24.4. The van der Waals surface area contributed by atoms with Crippen LogP contribution in [0.4, 0.5) is 0 Å². The van der Waals surface area contributed by atoms with Gasteiger partial charge in [0.1, 0.15) is 0 Å². The minimum absolute atomic E-state index is 0.0144. The van der Waals surface area contributed by atoms with Gasteiger partial charge in [-0.2, -0.15) is 0 Å². The maximum atomic E-state index is 12.0. The lowest BCUT2D eigenvalue weighted by atomic mass is 10.2.